The second-order valence-corrected chi connectivity index (χ2v) is 5.36. The molecule has 3 radical (unpaired) electrons. The zero-order valence-electron chi connectivity index (χ0n) is 10.3. The minimum absolute atomic E-state index is 0. The molecule has 0 spiro atoms. The minimum Gasteiger partial charge on any atom is -0.412 e. The topological polar surface area (TPSA) is 63.0 Å². The van der Waals surface area contributed by atoms with Gasteiger partial charge in [-0.1, -0.05) is 0 Å². The number of hydrogen-bond acceptors (Lipinski definition) is 0. The molecule has 0 aliphatic heterocycles. The fourth-order valence-electron chi connectivity index (χ4n) is 1.61. The third kappa shape index (κ3) is 20.7. The second kappa shape index (κ2) is 20.2. The van der Waals surface area contributed by atoms with Gasteiger partial charge in [-0.15, -0.1) is 0 Å². The Balaban J connectivity index is -0.000000720. The fraction of sp³-hybridized carbons (Fsp3) is 1.00. The SMILES string of the molecule is CCCCCCCCCCC[CH2][Sn].O.O. The van der Waals surface area contributed by atoms with Crippen molar-refractivity contribution in [2.24, 2.45) is 0 Å². The molecule has 0 fully saturated rings. The van der Waals surface area contributed by atoms with Crippen molar-refractivity contribution in [3.63, 3.8) is 0 Å². The molecule has 0 rings (SSSR count). The van der Waals surface area contributed by atoms with Crippen molar-refractivity contribution >= 4 is 22.5 Å². The van der Waals surface area contributed by atoms with Crippen molar-refractivity contribution in [1.82, 2.24) is 0 Å². The number of unbranched alkanes of at least 4 members (excludes halogenated alkanes) is 9. The molecule has 0 amide bonds. The van der Waals surface area contributed by atoms with Gasteiger partial charge in [0.2, 0.25) is 0 Å². The van der Waals surface area contributed by atoms with Gasteiger partial charge in [-0.05, 0) is 0 Å². The molecule has 0 saturated carbocycles. The molecule has 0 aromatic heterocycles. The Morgan fingerprint density at radius 2 is 0.933 bits per heavy atom. The van der Waals surface area contributed by atoms with Gasteiger partial charge >= 0.3 is 98.1 Å². The van der Waals surface area contributed by atoms with E-state index >= 15 is 0 Å². The zero-order valence-corrected chi connectivity index (χ0v) is 13.1. The Bertz CT molecular complexity index is 79.7. The maximum Gasteiger partial charge on any atom is -0.412 e. The van der Waals surface area contributed by atoms with Crippen LogP contribution in [0.3, 0.4) is 0 Å². The van der Waals surface area contributed by atoms with E-state index < -0.39 is 0 Å². The Labute approximate surface area is 109 Å². The van der Waals surface area contributed by atoms with Crippen LogP contribution in [0.5, 0.6) is 0 Å². The predicted molar refractivity (Wildman–Crippen MR) is 69.6 cm³/mol. The third-order valence-corrected chi connectivity index (χ3v) is 3.54. The largest absolute Gasteiger partial charge is 0.412 e. The molecule has 0 aromatic rings. The van der Waals surface area contributed by atoms with Gasteiger partial charge in [0.25, 0.3) is 0 Å². The zero-order chi connectivity index (χ0) is 9.78. The van der Waals surface area contributed by atoms with E-state index in [1.807, 2.05) is 0 Å². The molecule has 0 unspecified atom stereocenters. The van der Waals surface area contributed by atoms with Crippen molar-refractivity contribution in [3.8, 4) is 0 Å². The van der Waals surface area contributed by atoms with Crippen LogP contribution in [-0.2, 0) is 0 Å². The van der Waals surface area contributed by atoms with E-state index in [4.69, 9.17) is 0 Å². The molecule has 3 heteroatoms. The first-order chi connectivity index (χ1) is 6.41. The summed E-state index contributed by atoms with van der Waals surface area (Å²) in [6.07, 6.45) is 14.7. The smallest absolute Gasteiger partial charge is 0.412 e. The van der Waals surface area contributed by atoms with Crippen molar-refractivity contribution in [2.75, 3.05) is 0 Å². The molecule has 0 aromatic carbocycles. The van der Waals surface area contributed by atoms with Crippen LogP contribution in [-0.4, -0.2) is 33.5 Å². The molecule has 0 aliphatic carbocycles. The average molecular weight is 324 g/mol. The maximum atomic E-state index is 2.28. The van der Waals surface area contributed by atoms with Crippen LogP contribution in [0.15, 0.2) is 0 Å². The maximum absolute atomic E-state index is 2.28. The number of rotatable bonds is 10. The second-order valence-electron chi connectivity index (χ2n) is 3.93. The normalized spacial score (nSPS) is 9.20. The van der Waals surface area contributed by atoms with Gasteiger partial charge in [-0.3, -0.25) is 0 Å². The van der Waals surface area contributed by atoms with E-state index in [0.717, 1.165) is 0 Å². The summed E-state index contributed by atoms with van der Waals surface area (Å²) < 4.78 is 1.46. The van der Waals surface area contributed by atoms with Crippen molar-refractivity contribution in [1.29, 1.82) is 0 Å². The van der Waals surface area contributed by atoms with E-state index in [0.29, 0.717) is 0 Å². The third-order valence-electron chi connectivity index (χ3n) is 2.53. The van der Waals surface area contributed by atoms with Gasteiger partial charge in [0.15, 0.2) is 0 Å². The Morgan fingerprint density at radius 3 is 1.27 bits per heavy atom. The van der Waals surface area contributed by atoms with Gasteiger partial charge in [0.05, 0.1) is 0 Å². The summed E-state index contributed by atoms with van der Waals surface area (Å²) >= 11 is 1.72. The summed E-state index contributed by atoms with van der Waals surface area (Å²) in [6.45, 7) is 2.28. The molecule has 0 aliphatic rings. The van der Waals surface area contributed by atoms with E-state index in [2.05, 4.69) is 6.92 Å². The minimum atomic E-state index is 0. The van der Waals surface area contributed by atoms with Crippen molar-refractivity contribution in [2.45, 2.75) is 75.6 Å². The first-order valence-electron chi connectivity index (χ1n) is 6.06. The summed E-state index contributed by atoms with van der Waals surface area (Å²) in [5.41, 5.74) is 0. The van der Waals surface area contributed by atoms with Crippen LogP contribution in [0.1, 0.15) is 71.1 Å². The van der Waals surface area contributed by atoms with Gasteiger partial charge in [0.1, 0.15) is 0 Å². The van der Waals surface area contributed by atoms with Crippen LogP contribution in [0.2, 0.25) is 4.44 Å². The van der Waals surface area contributed by atoms with E-state index in [1.54, 1.807) is 22.5 Å². The quantitative estimate of drug-likeness (QED) is 0.438. The van der Waals surface area contributed by atoms with Crippen LogP contribution in [0, 0.1) is 0 Å². The Kier molecular flexibility index (Phi) is 28.3. The molecule has 4 N–H and O–H groups in total. The van der Waals surface area contributed by atoms with E-state index in [-0.39, 0.29) is 11.0 Å². The standard InChI is InChI=1S/C12H25.2H2O.Sn/c1-3-5-7-9-11-12-10-8-6-4-2;;;/h1,3-12H2,2H3;2*1H2;. The van der Waals surface area contributed by atoms with Gasteiger partial charge in [0, 0.05) is 0 Å². The summed E-state index contributed by atoms with van der Waals surface area (Å²) in [7, 11) is 0. The molecule has 0 saturated heterocycles. The average Bonchev–Trinajstić information content (AvgIpc) is 2.16. The molecule has 0 bridgehead atoms. The first kappa shape index (κ1) is 21.1. The van der Waals surface area contributed by atoms with Crippen LogP contribution in [0.4, 0.5) is 0 Å². The van der Waals surface area contributed by atoms with E-state index in [9.17, 15) is 0 Å². The number of hydrogen-bond donors (Lipinski definition) is 0. The van der Waals surface area contributed by atoms with Crippen LogP contribution in [0.25, 0.3) is 0 Å². The monoisotopic (exact) mass is 325 g/mol. The summed E-state index contributed by atoms with van der Waals surface area (Å²) in [6, 6.07) is 0. The van der Waals surface area contributed by atoms with Crippen LogP contribution >= 0.6 is 0 Å². The van der Waals surface area contributed by atoms with Gasteiger partial charge in [-0.25, -0.2) is 0 Å². The molecule has 0 atom stereocenters. The summed E-state index contributed by atoms with van der Waals surface area (Å²) in [5, 5.41) is 0. The summed E-state index contributed by atoms with van der Waals surface area (Å²) in [4.78, 5) is 0. The molecular weight excluding hydrogens is 295 g/mol. The molecular formula is C12H29O2Sn. The van der Waals surface area contributed by atoms with Gasteiger partial charge in [-0.2, -0.15) is 0 Å². The van der Waals surface area contributed by atoms with Gasteiger partial charge < -0.3 is 11.0 Å². The summed E-state index contributed by atoms with van der Waals surface area (Å²) in [5.74, 6) is 0. The van der Waals surface area contributed by atoms with Crippen molar-refractivity contribution in [3.05, 3.63) is 0 Å². The predicted octanol–water partition coefficient (Wildman–Crippen LogP) is 2.84. The van der Waals surface area contributed by atoms with E-state index in [1.165, 1.54) is 68.6 Å². The van der Waals surface area contributed by atoms with Crippen LogP contribution < -0.4 is 0 Å². The Hall–Kier alpha value is 0.719. The molecule has 2 nitrogen and oxygen atoms in total. The molecule has 15 heavy (non-hydrogen) atoms. The molecule has 0 heterocycles. The molecule has 93 valence electrons. The van der Waals surface area contributed by atoms with Crippen molar-refractivity contribution < 1.29 is 11.0 Å². The fourth-order valence-corrected chi connectivity index (χ4v) is 2.33. The first-order valence-corrected chi connectivity index (χ1v) is 8.08. The Morgan fingerprint density at radius 1 is 0.600 bits per heavy atom.